The molecule has 0 saturated heterocycles. The van der Waals surface area contributed by atoms with Crippen LogP contribution in [0.4, 0.5) is 0 Å². The summed E-state index contributed by atoms with van der Waals surface area (Å²) in [6, 6.07) is 11.6. The van der Waals surface area contributed by atoms with Crippen LogP contribution in [0.1, 0.15) is 49.9 Å². The van der Waals surface area contributed by atoms with Crippen molar-refractivity contribution in [2.75, 3.05) is 6.54 Å². The summed E-state index contributed by atoms with van der Waals surface area (Å²) < 4.78 is 0. The van der Waals surface area contributed by atoms with Crippen molar-refractivity contribution in [1.82, 2.24) is 10.3 Å². The Morgan fingerprint density at radius 1 is 1.20 bits per heavy atom. The molecule has 2 aromatic rings. The zero-order valence-electron chi connectivity index (χ0n) is 12.5. The summed E-state index contributed by atoms with van der Waals surface area (Å²) in [6.45, 7) is 5.28. The molecule has 2 heteroatoms. The average Bonchev–Trinajstić information content (AvgIpc) is 2.98. The zero-order valence-corrected chi connectivity index (χ0v) is 12.5. The Morgan fingerprint density at radius 3 is 2.75 bits per heavy atom. The first-order valence-electron chi connectivity index (χ1n) is 7.88. The third-order valence-corrected chi connectivity index (χ3v) is 4.51. The first kappa shape index (κ1) is 13.6. The van der Waals surface area contributed by atoms with Crippen molar-refractivity contribution >= 4 is 10.9 Å². The summed E-state index contributed by atoms with van der Waals surface area (Å²) in [5, 5.41) is 4.95. The van der Waals surface area contributed by atoms with Crippen molar-refractivity contribution in [3.63, 3.8) is 0 Å². The Labute approximate surface area is 121 Å². The van der Waals surface area contributed by atoms with Gasteiger partial charge in [-0.3, -0.25) is 4.98 Å². The Bertz CT molecular complexity index is 585. The number of fused-ring (bicyclic) bond motifs is 1. The van der Waals surface area contributed by atoms with Gasteiger partial charge >= 0.3 is 0 Å². The van der Waals surface area contributed by atoms with E-state index in [1.165, 1.54) is 36.6 Å². The maximum Gasteiger partial charge on any atom is 0.0705 e. The molecule has 1 heterocycles. The predicted octanol–water partition coefficient (Wildman–Crippen LogP) is 4.38. The normalized spacial score (nSPS) is 17.7. The molecule has 1 fully saturated rings. The number of rotatable bonds is 4. The Hall–Kier alpha value is -1.41. The topological polar surface area (TPSA) is 24.9 Å². The van der Waals surface area contributed by atoms with Gasteiger partial charge in [0.15, 0.2) is 0 Å². The predicted molar refractivity (Wildman–Crippen MR) is 84.9 cm³/mol. The maximum atomic E-state index is 4.60. The molecule has 1 aliphatic carbocycles. The van der Waals surface area contributed by atoms with E-state index >= 15 is 0 Å². The monoisotopic (exact) mass is 268 g/mol. The number of nitrogens with one attached hydrogen (secondary N) is 1. The van der Waals surface area contributed by atoms with Gasteiger partial charge in [-0.1, -0.05) is 31.9 Å². The van der Waals surface area contributed by atoms with Crippen LogP contribution in [0.25, 0.3) is 10.9 Å². The summed E-state index contributed by atoms with van der Waals surface area (Å²) in [7, 11) is 0. The summed E-state index contributed by atoms with van der Waals surface area (Å²) in [4.78, 5) is 4.60. The van der Waals surface area contributed by atoms with Crippen molar-refractivity contribution in [3.8, 4) is 0 Å². The second-order valence-electron chi connectivity index (χ2n) is 5.98. The smallest absolute Gasteiger partial charge is 0.0705 e. The summed E-state index contributed by atoms with van der Waals surface area (Å²) in [5.41, 5.74) is 3.62. The van der Waals surface area contributed by atoms with Crippen molar-refractivity contribution in [3.05, 3.63) is 41.6 Å². The molecule has 0 spiro atoms. The molecule has 0 aliphatic heterocycles. The van der Waals surface area contributed by atoms with E-state index in [-0.39, 0.29) is 0 Å². The number of pyridine rings is 1. The van der Waals surface area contributed by atoms with Crippen LogP contribution in [0.3, 0.4) is 0 Å². The number of aryl methyl sites for hydroxylation is 1. The van der Waals surface area contributed by atoms with E-state index in [2.05, 4.69) is 47.6 Å². The van der Waals surface area contributed by atoms with Gasteiger partial charge in [0, 0.05) is 17.1 Å². The van der Waals surface area contributed by atoms with Crippen LogP contribution in [0.5, 0.6) is 0 Å². The largest absolute Gasteiger partial charge is 0.310 e. The van der Waals surface area contributed by atoms with E-state index in [9.17, 15) is 0 Å². The molecule has 0 bridgehead atoms. The fourth-order valence-electron chi connectivity index (χ4n) is 3.51. The third-order valence-electron chi connectivity index (χ3n) is 4.51. The molecule has 1 saturated carbocycles. The SMILES string of the molecule is CCNC(c1ccc2nc(C)ccc2c1)C1CCCC1. The average molecular weight is 268 g/mol. The van der Waals surface area contributed by atoms with Gasteiger partial charge in [-0.05, 0) is 56.0 Å². The van der Waals surface area contributed by atoms with Crippen molar-refractivity contribution in [1.29, 1.82) is 0 Å². The molecule has 2 nitrogen and oxygen atoms in total. The molecule has 1 aliphatic rings. The second kappa shape index (κ2) is 5.92. The highest BCUT2D eigenvalue weighted by atomic mass is 14.9. The standard InChI is InChI=1S/C18H24N2/c1-3-19-18(14-6-4-5-7-14)16-10-11-17-15(12-16)9-8-13(2)20-17/h8-12,14,18-19H,3-7H2,1-2H3. The van der Waals surface area contributed by atoms with Crippen LogP contribution in [0.15, 0.2) is 30.3 Å². The lowest BCUT2D eigenvalue weighted by molar-refractivity contribution is 0.375. The van der Waals surface area contributed by atoms with Gasteiger partial charge in [0.05, 0.1) is 5.52 Å². The first-order chi connectivity index (χ1) is 9.78. The van der Waals surface area contributed by atoms with Gasteiger partial charge in [-0.25, -0.2) is 0 Å². The lowest BCUT2D eigenvalue weighted by atomic mass is 9.91. The number of benzene rings is 1. The number of hydrogen-bond acceptors (Lipinski definition) is 2. The minimum atomic E-state index is 0.508. The van der Waals surface area contributed by atoms with E-state index in [1.807, 2.05) is 6.92 Å². The minimum Gasteiger partial charge on any atom is -0.310 e. The van der Waals surface area contributed by atoms with E-state index in [0.717, 1.165) is 23.7 Å². The van der Waals surface area contributed by atoms with Crippen LogP contribution in [0, 0.1) is 12.8 Å². The molecular formula is C18H24N2. The lowest BCUT2D eigenvalue weighted by Gasteiger charge is -2.25. The molecule has 1 unspecified atom stereocenters. The van der Waals surface area contributed by atoms with Gasteiger partial charge in [0.1, 0.15) is 0 Å². The van der Waals surface area contributed by atoms with Crippen LogP contribution < -0.4 is 5.32 Å². The number of nitrogens with zero attached hydrogens (tertiary/aromatic N) is 1. The molecule has 0 radical (unpaired) electrons. The van der Waals surface area contributed by atoms with Crippen LogP contribution in [0.2, 0.25) is 0 Å². The third kappa shape index (κ3) is 2.71. The van der Waals surface area contributed by atoms with Crippen molar-refractivity contribution in [2.45, 2.75) is 45.6 Å². The van der Waals surface area contributed by atoms with Crippen molar-refractivity contribution in [2.24, 2.45) is 5.92 Å². The first-order valence-corrected chi connectivity index (χ1v) is 7.88. The lowest BCUT2D eigenvalue weighted by Crippen LogP contribution is -2.26. The molecule has 20 heavy (non-hydrogen) atoms. The molecule has 1 atom stereocenters. The van der Waals surface area contributed by atoms with Gasteiger partial charge < -0.3 is 5.32 Å². The molecule has 0 amide bonds. The Balaban J connectivity index is 1.95. The highest BCUT2D eigenvalue weighted by molar-refractivity contribution is 5.79. The Morgan fingerprint density at radius 2 is 2.00 bits per heavy atom. The molecule has 1 N–H and O–H groups in total. The summed E-state index contributed by atoms with van der Waals surface area (Å²) in [6.07, 6.45) is 5.51. The molecule has 3 rings (SSSR count). The number of hydrogen-bond donors (Lipinski definition) is 1. The van der Waals surface area contributed by atoms with E-state index in [0.29, 0.717) is 6.04 Å². The van der Waals surface area contributed by atoms with Gasteiger partial charge in [-0.15, -0.1) is 0 Å². The molecule has 1 aromatic heterocycles. The van der Waals surface area contributed by atoms with Gasteiger partial charge in [0.25, 0.3) is 0 Å². The van der Waals surface area contributed by atoms with Crippen LogP contribution >= 0.6 is 0 Å². The van der Waals surface area contributed by atoms with Crippen LogP contribution in [-0.2, 0) is 0 Å². The van der Waals surface area contributed by atoms with E-state index in [1.54, 1.807) is 0 Å². The molecule has 106 valence electrons. The second-order valence-corrected chi connectivity index (χ2v) is 5.98. The van der Waals surface area contributed by atoms with E-state index in [4.69, 9.17) is 0 Å². The van der Waals surface area contributed by atoms with E-state index < -0.39 is 0 Å². The molecular weight excluding hydrogens is 244 g/mol. The van der Waals surface area contributed by atoms with Crippen molar-refractivity contribution < 1.29 is 0 Å². The number of aromatic nitrogens is 1. The van der Waals surface area contributed by atoms with Gasteiger partial charge in [-0.2, -0.15) is 0 Å². The fourth-order valence-corrected chi connectivity index (χ4v) is 3.51. The highest BCUT2D eigenvalue weighted by Gasteiger charge is 2.25. The Kier molecular flexibility index (Phi) is 4.02. The summed E-state index contributed by atoms with van der Waals surface area (Å²) >= 11 is 0. The minimum absolute atomic E-state index is 0.508. The summed E-state index contributed by atoms with van der Waals surface area (Å²) in [5.74, 6) is 0.797. The van der Waals surface area contributed by atoms with Gasteiger partial charge in [0.2, 0.25) is 0 Å². The maximum absolute atomic E-state index is 4.60. The zero-order chi connectivity index (χ0) is 13.9. The molecule has 1 aromatic carbocycles. The highest BCUT2D eigenvalue weighted by Crippen LogP contribution is 2.36. The fraction of sp³-hybridized carbons (Fsp3) is 0.500. The van der Waals surface area contributed by atoms with Crippen LogP contribution in [-0.4, -0.2) is 11.5 Å². The quantitative estimate of drug-likeness (QED) is 0.890.